The minimum absolute atomic E-state index is 0.116. The Kier molecular flexibility index (Phi) is 4.07. The van der Waals surface area contributed by atoms with Gasteiger partial charge in [-0.2, -0.15) is 0 Å². The van der Waals surface area contributed by atoms with Crippen molar-refractivity contribution in [2.75, 3.05) is 11.9 Å². The predicted molar refractivity (Wildman–Crippen MR) is 71.9 cm³/mol. The summed E-state index contributed by atoms with van der Waals surface area (Å²) in [7, 11) is 0. The number of ether oxygens (including phenoxy) is 1. The van der Waals surface area contributed by atoms with Crippen LogP contribution in [0.15, 0.2) is 47.3 Å². The highest BCUT2D eigenvalue weighted by atomic mass is 16.5. The lowest BCUT2D eigenvalue weighted by atomic mass is 10.1. The number of amides is 1. The van der Waals surface area contributed by atoms with Crippen molar-refractivity contribution in [2.24, 2.45) is 5.73 Å². The van der Waals surface area contributed by atoms with Crippen LogP contribution in [0, 0.1) is 0 Å². The van der Waals surface area contributed by atoms with Gasteiger partial charge in [0.05, 0.1) is 18.6 Å². The van der Waals surface area contributed by atoms with Gasteiger partial charge in [-0.15, -0.1) is 0 Å². The molecule has 1 atom stereocenters. The number of carbonyl (C=O) groups excluding carboxylic acids is 1. The molecule has 1 unspecified atom stereocenters. The number of primary amides is 1. The molecule has 1 amide bonds. The second-order valence-electron chi connectivity index (χ2n) is 4.21. The van der Waals surface area contributed by atoms with Crippen molar-refractivity contribution >= 4 is 11.6 Å². The Morgan fingerprint density at radius 1 is 1.47 bits per heavy atom. The van der Waals surface area contributed by atoms with Crippen molar-refractivity contribution in [2.45, 2.75) is 13.0 Å². The van der Waals surface area contributed by atoms with Crippen LogP contribution >= 0.6 is 0 Å². The molecule has 0 saturated heterocycles. The molecule has 1 aromatic heterocycles. The smallest absolute Gasteiger partial charge is 0.255 e. The van der Waals surface area contributed by atoms with E-state index in [1.54, 1.807) is 18.6 Å². The van der Waals surface area contributed by atoms with Crippen molar-refractivity contribution in [3.05, 3.63) is 48.4 Å². The third-order valence-corrected chi connectivity index (χ3v) is 2.64. The second kappa shape index (κ2) is 5.95. The molecule has 0 radical (unpaired) electrons. The molecule has 1 heterocycles. The monoisotopic (exact) mass is 260 g/mol. The van der Waals surface area contributed by atoms with E-state index in [0.717, 1.165) is 11.3 Å². The summed E-state index contributed by atoms with van der Waals surface area (Å²) in [5.74, 6) is 0.105. The molecule has 0 aliphatic carbocycles. The lowest BCUT2D eigenvalue weighted by Gasteiger charge is -2.14. The largest absolute Gasteiger partial charge is 0.484 e. The van der Waals surface area contributed by atoms with Gasteiger partial charge in [0, 0.05) is 17.3 Å². The van der Waals surface area contributed by atoms with E-state index in [9.17, 15) is 4.79 Å². The zero-order valence-corrected chi connectivity index (χ0v) is 10.6. The molecule has 0 bridgehead atoms. The summed E-state index contributed by atoms with van der Waals surface area (Å²) in [6.45, 7) is 1.91. The summed E-state index contributed by atoms with van der Waals surface area (Å²) in [5, 5.41) is 3.32. The highest BCUT2D eigenvalue weighted by Crippen LogP contribution is 2.22. The van der Waals surface area contributed by atoms with Gasteiger partial charge in [-0.05, 0) is 25.1 Å². The van der Waals surface area contributed by atoms with Crippen LogP contribution in [0.3, 0.4) is 0 Å². The van der Waals surface area contributed by atoms with Crippen LogP contribution in [0.4, 0.5) is 5.69 Å². The molecule has 5 heteroatoms. The van der Waals surface area contributed by atoms with Crippen LogP contribution in [-0.4, -0.2) is 12.5 Å². The normalized spacial score (nSPS) is 11.8. The molecular formula is C14H16N2O3. The SMILES string of the molecule is CC(Nc1cccc(OCC(N)=O)c1)c1ccoc1. The highest BCUT2D eigenvalue weighted by molar-refractivity contribution is 5.75. The van der Waals surface area contributed by atoms with E-state index in [1.807, 2.05) is 31.2 Å². The third kappa shape index (κ3) is 3.77. The molecule has 100 valence electrons. The van der Waals surface area contributed by atoms with Gasteiger partial charge >= 0.3 is 0 Å². The molecule has 0 fully saturated rings. The summed E-state index contributed by atoms with van der Waals surface area (Å²) in [5.41, 5.74) is 6.99. The third-order valence-electron chi connectivity index (χ3n) is 2.64. The first-order valence-electron chi connectivity index (χ1n) is 5.95. The van der Waals surface area contributed by atoms with Gasteiger partial charge in [0.2, 0.25) is 0 Å². The molecule has 0 aliphatic heterocycles. The van der Waals surface area contributed by atoms with E-state index >= 15 is 0 Å². The number of hydrogen-bond acceptors (Lipinski definition) is 4. The topological polar surface area (TPSA) is 77.5 Å². The Morgan fingerprint density at radius 2 is 2.32 bits per heavy atom. The first-order valence-corrected chi connectivity index (χ1v) is 5.95. The van der Waals surface area contributed by atoms with E-state index in [-0.39, 0.29) is 12.6 Å². The predicted octanol–water partition coefficient (Wildman–Crippen LogP) is 2.32. The van der Waals surface area contributed by atoms with Gasteiger partial charge in [-0.1, -0.05) is 6.07 Å². The second-order valence-corrected chi connectivity index (χ2v) is 4.21. The van der Waals surface area contributed by atoms with Crippen LogP contribution in [0.25, 0.3) is 0 Å². The zero-order valence-electron chi connectivity index (χ0n) is 10.6. The van der Waals surface area contributed by atoms with Gasteiger partial charge in [-0.25, -0.2) is 0 Å². The zero-order chi connectivity index (χ0) is 13.7. The molecule has 5 nitrogen and oxygen atoms in total. The first kappa shape index (κ1) is 13.0. The number of rotatable bonds is 6. The maximum atomic E-state index is 10.7. The van der Waals surface area contributed by atoms with E-state index < -0.39 is 5.91 Å². The quantitative estimate of drug-likeness (QED) is 0.835. The maximum absolute atomic E-state index is 10.7. The minimum Gasteiger partial charge on any atom is -0.484 e. The van der Waals surface area contributed by atoms with Crippen LogP contribution in [0.2, 0.25) is 0 Å². The Morgan fingerprint density at radius 3 is 3.00 bits per heavy atom. The standard InChI is InChI=1S/C14H16N2O3/c1-10(11-5-6-18-8-11)16-12-3-2-4-13(7-12)19-9-14(15)17/h2-8,10,16H,9H2,1H3,(H2,15,17). The Balaban J connectivity index is 2.00. The lowest BCUT2D eigenvalue weighted by Crippen LogP contribution is -2.20. The van der Waals surface area contributed by atoms with Crippen molar-refractivity contribution in [3.8, 4) is 5.75 Å². The fourth-order valence-electron chi connectivity index (χ4n) is 1.68. The molecule has 2 rings (SSSR count). The van der Waals surface area contributed by atoms with Gasteiger partial charge in [0.15, 0.2) is 6.61 Å². The van der Waals surface area contributed by atoms with Crippen LogP contribution in [-0.2, 0) is 4.79 Å². The lowest BCUT2D eigenvalue weighted by molar-refractivity contribution is -0.119. The number of nitrogens with one attached hydrogen (secondary N) is 1. The fourth-order valence-corrected chi connectivity index (χ4v) is 1.68. The van der Waals surface area contributed by atoms with Crippen LogP contribution < -0.4 is 15.8 Å². The van der Waals surface area contributed by atoms with Gasteiger partial charge in [-0.3, -0.25) is 4.79 Å². The number of anilines is 1. The Labute approximate surface area is 111 Å². The summed E-state index contributed by atoms with van der Waals surface area (Å²) in [6.07, 6.45) is 3.34. The number of hydrogen-bond donors (Lipinski definition) is 2. The van der Waals surface area contributed by atoms with Crippen molar-refractivity contribution in [1.82, 2.24) is 0 Å². The van der Waals surface area contributed by atoms with Crippen molar-refractivity contribution in [1.29, 1.82) is 0 Å². The fraction of sp³-hybridized carbons (Fsp3) is 0.214. The number of carbonyl (C=O) groups is 1. The average molecular weight is 260 g/mol. The van der Waals surface area contributed by atoms with Gasteiger partial charge < -0.3 is 20.2 Å². The van der Waals surface area contributed by atoms with Crippen molar-refractivity contribution < 1.29 is 13.9 Å². The molecule has 0 spiro atoms. The van der Waals surface area contributed by atoms with Crippen LogP contribution in [0.1, 0.15) is 18.5 Å². The molecular weight excluding hydrogens is 244 g/mol. The maximum Gasteiger partial charge on any atom is 0.255 e. The van der Waals surface area contributed by atoms with Crippen molar-refractivity contribution in [3.63, 3.8) is 0 Å². The summed E-state index contributed by atoms with van der Waals surface area (Å²) in [6, 6.07) is 9.39. The van der Waals surface area contributed by atoms with E-state index in [1.165, 1.54) is 0 Å². The van der Waals surface area contributed by atoms with Crippen LogP contribution in [0.5, 0.6) is 5.75 Å². The first-order chi connectivity index (χ1) is 9.15. The molecule has 1 aromatic carbocycles. The molecule has 0 saturated carbocycles. The van der Waals surface area contributed by atoms with Gasteiger partial charge in [0.1, 0.15) is 5.75 Å². The number of furan rings is 1. The minimum atomic E-state index is -0.495. The molecule has 3 N–H and O–H groups in total. The number of benzene rings is 1. The van der Waals surface area contributed by atoms with Gasteiger partial charge in [0.25, 0.3) is 5.91 Å². The summed E-state index contributed by atoms with van der Waals surface area (Å²) in [4.78, 5) is 10.7. The summed E-state index contributed by atoms with van der Waals surface area (Å²) >= 11 is 0. The molecule has 19 heavy (non-hydrogen) atoms. The Bertz CT molecular complexity index is 537. The highest BCUT2D eigenvalue weighted by Gasteiger charge is 2.07. The number of nitrogens with two attached hydrogens (primary N) is 1. The van der Waals surface area contributed by atoms with E-state index in [4.69, 9.17) is 14.9 Å². The average Bonchev–Trinajstić information content (AvgIpc) is 2.91. The van der Waals surface area contributed by atoms with E-state index in [0.29, 0.717) is 5.75 Å². The Hall–Kier alpha value is -2.43. The summed E-state index contributed by atoms with van der Waals surface area (Å²) < 4.78 is 10.3. The molecule has 2 aromatic rings. The van der Waals surface area contributed by atoms with E-state index in [2.05, 4.69) is 5.32 Å². The molecule has 0 aliphatic rings.